The van der Waals surface area contributed by atoms with Gasteiger partial charge in [0.05, 0.1) is 18.8 Å². The van der Waals surface area contributed by atoms with Crippen molar-refractivity contribution in [3.05, 3.63) is 0 Å². The van der Waals surface area contributed by atoms with E-state index in [1.807, 2.05) is 0 Å². The Morgan fingerprint density at radius 2 is 0.868 bits per heavy atom. The average Bonchev–Trinajstić information content (AvgIpc) is 3.21. The number of aliphatic hydroxyl groups excluding tert-OH is 10. The number of carbonyl (C=O) groups is 5. The molecule has 0 spiro atoms. The van der Waals surface area contributed by atoms with Gasteiger partial charge < -0.3 is 157 Å². The molecule has 0 radical (unpaired) electrons. The van der Waals surface area contributed by atoms with Crippen LogP contribution in [0, 0.1) is 0 Å². The van der Waals surface area contributed by atoms with Crippen molar-refractivity contribution in [2.24, 2.45) is 0 Å². The van der Waals surface area contributed by atoms with Gasteiger partial charge in [0.2, 0.25) is 0 Å². The maximum absolute atomic E-state index is 11.9. The Kier molecular flexibility index (Phi) is 36.2. The number of hydrogen-bond acceptors (Lipinski definition) is 27. The van der Waals surface area contributed by atoms with Gasteiger partial charge in [-0.25, -0.2) is 0 Å². The minimum absolute atomic E-state index is 0. The zero-order valence-corrected chi connectivity index (χ0v) is 45.1. The molecule has 396 valence electrons. The first-order valence-corrected chi connectivity index (χ1v) is 20.4. The molecular formula is C38H65I2NaO27-2. The molecule has 20 atom stereocenters. The third kappa shape index (κ3) is 20.6. The SMILES string of the molecule is CCC1O[C@H](O)C(O)[C@@H](O)[C@@H]1O[C@@H]1OC(CO)[C@@H](O)[C@H](O)C1O.CCC1O[C@H](O)C(OC(C)=O)[C@@H](OC(C)=O)[C@@H]1O[C@@H]1OC(COC(C)=O)[C@@H](O)[C@H](OC(C)=O)C1OC(C)=O.CCO.[I-].[I-].[Na+].[OH-]. The number of rotatable bonds is 13. The van der Waals surface area contributed by atoms with E-state index in [4.69, 9.17) is 62.3 Å². The van der Waals surface area contributed by atoms with Crippen LogP contribution in [-0.2, 0) is 76.1 Å². The summed E-state index contributed by atoms with van der Waals surface area (Å²) >= 11 is 0. The predicted molar refractivity (Wildman–Crippen MR) is 206 cm³/mol. The van der Waals surface area contributed by atoms with Gasteiger partial charge in [-0.15, -0.1) is 0 Å². The number of halogens is 2. The van der Waals surface area contributed by atoms with Gasteiger partial charge in [-0.3, -0.25) is 24.0 Å². The van der Waals surface area contributed by atoms with E-state index in [0.29, 0.717) is 6.42 Å². The van der Waals surface area contributed by atoms with Gasteiger partial charge in [-0.05, 0) is 19.8 Å². The van der Waals surface area contributed by atoms with Crippen LogP contribution in [0.4, 0.5) is 0 Å². The first-order valence-electron chi connectivity index (χ1n) is 20.4. The maximum atomic E-state index is 11.9. The second kappa shape index (κ2) is 34.5. The molecule has 0 bridgehead atoms. The minimum Gasteiger partial charge on any atom is -1.00 e. The Morgan fingerprint density at radius 1 is 0.441 bits per heavy atom. The van der Waals surface area contributed by atoms with E-state index < -0.39 is 166 Å². The number of aliphatic hydroxyl groups is 10. The van der Waals surface area contributed by atoms with Crippen molar-refractivity contribution in [3.63, 3.8) is 0 Å². The van der Waals surface area contributed by atoms with Crippen molar-refractivity contribution >= 4 is 29.8 Å². The molecule has 0 aromatic carbocycles. The molecular weight excluding hydrogens is 1170 g/mol. The molecule has 68 heavy (non-hydrogen) atoms. The molecule has 4 heterocycles. The molecule has 4 rings (SSSR count). The molecule has 4 saturated heterocycles. The first-order chi connectivity index (χ1) is 30.0. The van der Waals surface area contributed by atoms with Crippen LogP contribution in [0.25, 0.3) is 0 Å². The summed E-state index contributed by atoms with van der Waals surface area (Å²) in [5.74, 6) is -3.97. The van der Waals surface area contributed by atoms with Gasteiger partial charge in [0, 0.05) is 41.2 Å². The Bertz CT molecular complexity index is 1490. The molecule has 30 heteroatoms. The van der Waals surface area contributed by atoms with E-state index in [2.05, 4.69) is 0 Å². The van der Waals surface area contributed by atoms with Crippen LogP contribution < -0.4 is 77.5 Å². The smallest absolute Gasteiger partial charge is 1.00 e. The Labute approximate surface area is 447 Å². The quantitative estimate of drug-likeness (QED) is 0.0354. The van der Waals surface area contributed by atoms with Crippen molar-refractivity contribution in [1.82, 2.24) is 0 Å². The summed E-state index contributed by atoms with van der Waals surface area (Å²) in [7, 11) is 0. The first kappa shape index (κ1) is 71.4. The van der Waals surface area contributed by atoms with Crippen molar-refractivity contribution in [1.29, 1.82) is 0 Å². The molecule has 4 aliphatic rings. The standard InChI is InChI=1S/C23H34O15.C13H24O10.C2H6O.2HI.Na.H2O/c1-7-14-17(19(33-11(4)26)20(22(30)36-14)34-12(5)27)38-23-21(35-13(6)28)18(32-10(3)25)16(29)15(37-23)8-31-9(2)24;1-2-4-11(8(17)9(18)12(20)21-4)23-13-10(19)7(16)6(15)5(3-14)22-13;1-2-3;;;;/h14-23,29-30H,7-8H2,1-6H3;4-20H,2-3H2,1H3;3H,2H2,1H3;2*1H;;1H2/q;;;;;+1;/p-3/t14?,15?,16-,17-,18+,19+,20?,21?,22+,23+;4?,5?,6-,7+,8-,9?,10?,11-,12+,13+;;;;;/m11...../s1. The number of esters is 5. The average molecular weight is 1230 g/mol. The van der Waals surface area contributed by atoms with Crippen LogP contribution in [0.1, 0.15) is 68.2 Å². The van der Waals surface area contributed by atoms with E-state index in [0.717, 1.165) is 34.6 Å². The van der Waals surface area contributed by atoms with E-state index in [1.54, 1.807) is 20.8 Å². The molecule has 0 aromatic rings. The van der Waals surface area contributed by atoms with Crippen LogP contribution in [0.3, 0.4) is 0 Å². The van der Waals surface area contributed by atoms with Crippen molar-refractivity contribution in [2.75, 3.05) is 19.8 Å². The van der Waals surface area contributed by atoms with Crippen molar-refractivity contribution in [2.45, 2.75) is 191 Å². The monoisotopic (exact) mass is 1230 g/mol. The fraction of sp³-hybridized carbons (Fsp3) is 0.868. The zero-order valence-electron chi connectivity index (χ0n) is 38.8. The van der Waals surface area contributed by atoms with Gasteiger partial charge in [0.1, 0.15) is 67.6 Å². The zero-order chi connectivity index (χ0) is 48.7. The van der Waals surface area contributed by atoms with Crippen LogP contribution in [0.2, 0.25) is 0 Å². The van der Waals surface area contributed by atoms with Crippen LogP contribution in [-0.4, -0.2) is 229 Å². The fourth-order valence-electron chi connectivity index (χ4n) is 6.92. The summed E-state index contributed by atoms with van der Waals surface area (Å²) in [6.07, 6.45) is -28.0. The summed E-state index contributed by atoms with van der Waals surface area (Å²) in [6.45, 7) is 9.62. The van der Waals surface area contributed by atoms with Gasteiger partial charge >= 0.3 is 59.4 Å². The summed E-state index contributed by atoms with van der Waals surface area (Å²) < 4.78 is 59.1. The summed E-state index contributed by atoms with van der Waals surface area (Å²) in [5, 5.41) is 96.6. The molecule has 0 amide bonds. The number of ether oxygens (including phenoxy) is 11. The summed E-state index contributed by atoms with van der Waals surface area (Å²) in [5.41, 5.74) is 0. The molecule has 27 nitrogen and oxygen atoms in total. The fourth-order valence-corrected chi connectivity index (χ4v) is 6.92. The van der Waals surface area contributed by atoms with Crippen molar-refractivity contribution in [3.8, 4) is 0 Å². The normalized spacial score (nSPS) is 37.3. The Balaban J connectivity index is -0.00000121. The maximum Gasteiger partial charge on any atom is 1.00 e. The van der Waals surface area contributed by atoms with E-state index in [-0.39, 0.29) is 96.0 Å². The number of hydrogen-bond donors (Lipinski definition) is 10. The molecule has 11 N–H and O–H groups in total. The second-order valence-corrected chi connectivity index (χ2v) is 14.8. The van der Waals surface area contributed by atoms with E-state index in [9.17, 15) is 64.8 Å². The Morgan fingerprint density at radius 3 is 1.34 bits per heavy atom. The van der Waals surface area contributed by atoms with Gasteiger partial charge in [-0.1, -0.05) is 13.8 Å². The second-order valence-electron chi connectivity index (χ2n) is 14.8. The van der Waals surface area contributed by atoms with Crippen LogP contribution >= 0.6 is 0 Å². The molecule has 0 aromatic heterocycles. The van der Waals surface area contributed by atoms with Crippen LogP contribution in [0.15, 0.2) is 0 Å². The van der Waals surface area contributed by atoms with Gasteiger partial charge in [0.15, 0.2) is 49.6 Å². The third-order valence-corrected chi connectivity index (χ3v) is 9.78. The predicted octanol–water partition coefficient (Wildman–Crippen LogP) is -14.3. The topological polar surface area (TPSA) is 419 Å². The molecule has 4 fully saturated rings. The summed E-state index contributed by atoms with van der Waals surface area (Å²) in [6, 6.07) is 0. The molecule has 0 saturated carbocycles. The molecule has 8 unspecified atom stereocenters. The number of carbonyl (C=O) groups excluding carboxylic acids is 5. The van der Waals surface area contributed by atoms with Gasteiger partial charge in [-0.2, -0.15) is 0 Å². The van der Waals surface area contributed by atoms with Crippen molar-refractivity contribution < 1.29 is 210 Å². The Hall–Kier alpha value is -0.870. The molecule has 4 aliphatic heterocycles. The van der Waals surface area contributed by atoms with Crippen LogP contribution in [0.5, 0.6) is 0 Å². The summed E-state index contributed by atoms with van der Waals surface area (Å²) in [4.78, 5) is 58.7. The minimum atomic E-state index is -1.68. The van der Waals surface area contributed by atoms with Gasteiger partial charge in [0.25, 0.3) is 0 Å². The van der Waals surface area contributed by atoms with E-state index in [1.165, 1.54) is 0 Å². The van der Waals surface area contributed by atoms with E-state index >= 15 is 0 Å². The molecule has 0 aliphatic carbocycles. The third-order valence-electron chi connectivity index (χ3n) is 9.78. The largest absolute Gasteiger partial charge is 1.00 e.